The number of benzene rings is 3. The zero-order valence-electron chi connectivity index (χ0n) is 18.0. The summed E-state index contributed by atoms with van der Waals surface area (Å²) in [5, 5.41) is 5.48. The molecule has 0 fully saturated rings. The van der Waals surface area contributed by atoms with E-state index in [1.807, 2.05) is 0 Å². The maximum Gasteiger partial charge on any atom is 0.280 e. The normalized spacial score (nSPS) is 12.0. The second-order valence-corrected chi connectivity index (χ2v) is 10.5. The summed E-state index contributed by atoms with van der Waals surface area (Å²) in [6.45, 7) is 0. The number of fused-ring (bicyclic) bond motifs is 1. The van der Waals surface area contributed by atoms with Crippen molar-refractivity contribution in [1.82, 2.24) is 9.29 Å². The SMILES string of the molecule is CN(C)S(=O)(=O)c1ccc(C(=O)N(/N=C/c2ccc(F)cc2)c2nc3ccc(F)cc3s2)cc1. The minimum absolute atomic E-state index is 0.0332. The van der Waals surface area contributed by atoms with E-state index < -0.39 is 27.6 Å². The molecule has 0 bridgehead atoms. The molecule has 0 N–H and O–H groups in total. The van der Waals surface area contributed by atoms with Crippen LogP contribution in [-0.2, 0) is 10.0 Å². The lowest BCUT2D eigenvalue weighted by Gasteiger charge is -2.15. The molecule has 4 rings (SSSR count). The van der Waals surface area contributed by atoms with Crippen LogP contribution in [0.3, 0.4) is 0 Å². The first kappa shape index (κ1) is 23.6. The quantitative estimate of drug-likeness (QED) is 0.288. The predicted molar refractivity (Wildman–Crippen MR) is 128 cm³/mol. The molecule has 1 heterocycles. The fraction of sp³-hybridized carbons (Fsp3) is 0.0870. The molecule has 11 heteroatoms. The second kappa shape index (κ2) is 9.37. The van der Waals surface area contributed by atoms with Gasteiger partial charge in [-0.05, 0) is 60.2 Å². The van der Waals surface area contributed by atoms with E-state index in [-0.39, 0.29) is 15.6 Å². The molecule has 0 atom stereocenters. The third-order valence-corrected chi connectivity index (χ3v) is 7.61. The van der Waals surface area contributed by atoms with E-state index >= 15 is 0 Å². The van der Waals surface area contributed by atoms with E-state index in [1.165, 1.54) is 87.0 Å². The van der Waals surface area contributed by atoms with Crippen molar-refractivity contribution in [2.24, 2.45) is 5.10 Å². The maximum atomic E-state index is 13.6. The van der Waals surface area contributed by atoms with Gasteiger partial charge in [-0.3, -0.25) is 4.79 Å². The van der Waals surface area contributed by atoms with E-state index in [0.29, 0.717) is 15.8 Å². The highest BCUT2D eigenvalue weighted by Crippen LogP contribution is 2.30. The highest BCUT2D eigenvalue weighted by Gasteiger charge is 2.23. The average Bonchev–Trinajstić information content (AvgIpc) is 3.23. The minimum Gasteiger partial charge on any atom is -0.267 e. The first-order valence-corrected chi connectivity index (χ1v) is 12.1. The summed E-state index contributed by atoms with van der Waals surface area (Å²) in [5.41, 5.74) is 1.20. The Morgan fingerprint density at radius 2 is 1.62 bits per heavy atom. The van der Waals surface area contributed by atoms with Crippen LogP contribution < -0.4 is 5.01 Å². The number of carbonyl (C=O) groups excluding carboxylic acids is 1. The van der Waals surface area contributed by atoms with E-state index in [0.717, 1.165) is 20.7 Å². The highest BCUT2D eigenvalue weighted by molar-refractivity contribution is 7.89. The summed E-state index contributed by atoms with van der Waals surface area (Å²) in [5.74, 6) is -1.43. The standard InChI is InChI=1S/C23H18F2N4O3S2/c1-28(2)34(31,32)19-10-5-16(6-11-19)22(30)29(26-14-15-3-7-17(24)8-4-15)23-27-20-12-9-18(25)13-21(20)33-23/h3-14H,1-2H3/b26-14+. The van der Waals surface area contributed by atoms with Crippen LogP contribution >= 0.6 is 11.3 Å². The number of aromatic nitrogens is 1. The van der Waals surface area contributed by atoms with Crippen molar-refractivity contribution in [3.05, 3.63) is 89.5 Å². The van der Waals surface area contributed by atoms with Crippen molar-refractivity contribution in [3.63, 3.8) is 0 Å². The van der Waals surface area contributed by atoms with Crippen molar-refractivity contribution in [2.75, 3.05) is 19.1 Å². The molecule has 4 aromatic rings. The van der Waals surface area contributed by atoms with Gasteiger partial charge >= 0.3 is 0 Å². The molecule has 34 heavy (non-hydrogen) atoms. The number of amides is 1. The van der Waals surface area contributed by atoms with Crippen LogP contribution in [0.15, 0.2) is 76.7 Å². The van der Waals surface area contributed by atoms with Crippen molar-refractivity contribution in [2.45, 2.75) is 4.90 Å². The second-order valence-electron chi connectivity index (χ2n) is 7.33. The molecule has 0 aliphatic rings. The van der Waals surface area contributed by atoms with Gasteiger partial charge in [0.15, 0.2) is 0 Å². The molecule has 3 aromatic carbocycles. The summed E-state index contributed by atoms with van der Waals surface area (Å²) in [4.78, 5) is 17.8. The molecular weight excluding hydrogens is 482 g/mol. The van der Waals surface area contributed by atoms with Crippen LogP contribution in [0.25, 0.3) is 10.2 Å². The lowest BCUT2D eigenvalue weighted by Crippen LogP contribution is -2.26. The van der Waals surface area contributed by atoms with E-state index in [1.54, 1.807) is 0 Å². The third kappa shape index (κ3) is 4.86. The number of anilines is 1. The average molecular weight is 501 g/mol. The molecule has 0 radical (unpaired) electrons. The van der Waals surface area contributed by atoms with E-state index in [4.69, 9.17) is 0 Å². The smallest absolute Gasteiger partial charge is 0.267 e. The van der Waals surface area contributed by atoms with Gasteiger partial charge in [-0.25, -0.2) is 26.5 Å². The van der Waals surface area contributed by atoms with Gasteiger partial charge in [-0.1, -0.05) is 23.5 Å². The van der Waals surface area contributed by atoms with Crippen LogP contribution in [0.1, 0.15) is 15.9 Å². The number of carbonyl (C=O) groups is 1. The molecule has 0 spiro atoms. The first-order valence-electron chi connectivity index (χ1n) is 9.88. The van der Waals surface area contributed by atoms with Crippen molar-refractivity contribution in [1.29, 1.82) is 0 Å². The fourth-order valence-corrected chi connectivity index (χ4v) is 4.79. The number of halogens is 2. The number of nitrogens with zero attached hydrogens (tertiary/aromatic N) is 4. The first-order chi connectivity index (χ1) is 16.1. The monoisotopic (exact) mass is 500 g/mol. The van der Waals surface area contributed by atoms with Crippen LogP contribution in [0, 0.1) is 11.6 Å². The Morgan fingerprint density at radius 3 is 2.26 bits per heavy atom. The van der Waals surface area contributed by atoms with Crippen molar-refractivity contribution >= 4 is 48.8 Å². The Kier molecular flexibility index (Phi) is 6.51. The number of thiazole rings is 1. The summed E-state index contributed by atoms with van der Waals surface area (Å²) in [7, 11) is -0.835. The zero-order valence-corrected chi connectivity index (χ0v) is 19.6. The van der Waals surface area contributed by atoms with Gasteiger partial charge in [0.05, 0.1) is 21.3 Å². The predicted octanol–water partition coefficient (Wildman–Crippen LogP) is 4.51. The van der Waals surface area contributed by atoms with Gasteiger partial charge < -0.3 is 0 Å². The number of rotatable bonds is 6. The molecule has 1 amide bonds. The van der Waals surface area contributed by atoms with E-state index in [9.17, 15) is 22.0 Å². The molecule has 1 aromatic heterocycles. The minimum atomic E-state index is -3.66. The number of hydrazone groups is 1. The Hall–Kier alpha value is -3.54. The van der Waals surface area contributed by atoms with Gasteiger partial charge in [0.1, 0.15) is 11.6 Å². The van der Waals surface area contributed by atoms with Gasteiger partial charge in [-0.2, -0.15) is 10.1 Å². The summed E-state index contributed by atoms with van der Waals surface area (Å²) < 4.78 is 53.1. The summed E-state index contributed by atoms with van der Waals surface area (Å²) >= 11 is 1.07. The molecule has 0 saturated heterocycles. The Morgan fingerprint density at radius 1 is 0.971 bits per heavy atom. The molecule has 174 valence electrons. The van der Waals surface area contributed by atoms with Gasteiger partial charge in [0.25, 0.3) is 5.91 Å². The lowest BCUT2D eigenvalue weighted by atomic mass is 10.2. The topological polar surface area (TPSA) is 82.9 Å². The molecule has 0 aliphatic carbocycles. The van der Waals surface area contributed by atoms with Gasteiger partial charge in [0.2, 0.25) is 15.2 Å². The number of sulfonamides is 1. The van der Waals surface area contributed by atoms with Crippen LogP contribution in [0.5, 0.6) is 0 Å². The number of hydrogen-bond acceptors (Lipinski definition) is 6. The highest BCUT2D eigenvalue weighted by atomic mass is 32.2. The third-order valence-electron chi connectivity index (χ3n) is 4.78. The Balaban J connectivity index is 1.73. The van der Waals surface area contributed by atoms with Crippen LogP contribution in [0.2, 0.25) is 0 Å². The molecule has 7 nitrogen and oxygen atoms in total. The molecule has 0 aliphatic heterocycles. The van der Waals surface area contributed by atoms with Crippen LogP contribution in [0.4, 0.5) is 13.9 Å². The zero-order chi connectivity index (χ0) is 24.5. The summed E-state index contributed by atoms with van der Waals surface area (Å²) in [6, 6.07) is 15.0. The van der Waals surface area contributed by atoms with Crippen LogP contribution in [-0.4, -0.2) is 43.9 Å². The fourth-order valence-electron chi connectivity index (χ4n) is 2.94. The van der Waals surface area contributed by atoms with E-state index in [2.05, 4.69) is 10.1 Å². The molecule has 0 saturated carbocycles. The maximum absolute atomic E-state index is 13.6. The molecule has 0 unspecified atom stereocenters. The lowest BCUT2D eigenvalue weighted by molar-refractivity contribution is 0.0987. The molecular formula is C23H18F2N4O3S2. The van der Waals surface area contributed by atoms with Crippen molar-refractivity contribution in [3.8, 4) is 0 Å². The van der Waals surface area contributed by atoms with Crippen molar-refractivity contribution < 1.29 is 22.0 Å². The van der Waals surface area contributed by atoms with Gasteiger partial charge in [0, 0.05) is 19.7 Å². The summed E-state index contributed by atoms with van der Waals surface area (Å²) in [6.07, 6.45) is 1.37. The number of hydrogen-bond donors (Lipinski definition) is 0. The largest absolute Gasteiger partial charge is 0.280 e. The Labute approximate surface area is 198 Å². The van der Waals surface area contributed by atoms with Gasteiger partial charge in [-0.15, -0.1) is 0 Å². The Bertz CT molecular complexity index is 1480.